The number of carbonyl (C=O) groups excluding carboxylic acids is 1. The van der Waals surface area contributed by atoms with Gasteiger partial charge < -0.3 is 5.32 Å². The molecule has 0 saturated heterocycles. The topological polar surface area (TPSA) is 72.2 Å². The van der Waals surface area contributed by atoms with Gasteiger partial charge in [-0.1, -0.05) is 22.0 Å². The van der Waals surface area contributed by atoms with Gasteiger partial charge in [0.25, 0.3) is 0 Å². The molecule has 3 heterocycles. The summed E-state index contributed by atoms with van der Waals surface area (Å²) in [4.78, 5) is 21.5. The van der Waals surface area contributed by atoms with Gasteiger partial charge in [-0.3, -0.25) is 9.78 Å². The van der Waals surface area contributed by atoms with Gasteiger partial charge in [-0.15, -0.1) is 0 Å². The summed E-state index contributed by atoms with van der Waals surface area (Å²) in [5, 5.41) is 8.64. The first-order chi connectivity index (χ1) is 13.5. The van der Waals surface area contributed by atoms with Crippen LogP contribution in [0.4, 0.5) is 0 Å². The average molecular weight is 438 g/mol. The van der Waals surface area contributed by atoms with Crippen LogP contribution in [-0.2, 0) is 17.6 Å². The van der Waals surface area contributed by atoms with Crippen molar-refractivity contribution in [2.75, 3.05) is 6.54 Å². The van der Waals surface area contributed by atoms with Crippen molar-refractivity contribution in [3.8, 4) is 0 Å². The lowest BCUT2D eigenvalue weighted by atomic mass is 10.1. The summed E-state index contributed by atoms with van der Waals surface area (Å²) in [5.74, 6) is -0.0252. The molecule has 0 aliphatic rings. The smallest absolute Gasteiger partial charge is 0.224 e. The molecular formula is C21H20BrN5O. The summed E-state index contributed by atoms with van der Waals surface area (Å²) in [5.41, 5.74) is 5.37. The van der Waals surface area contributed by atoms with E-state index in [0.29, 0.717) is 13.0 Å². The van der Waals surface area contributed by atoms with Crippen LogP contribution in [0, 0.1) is 13.8 Å². The third-order valence-electron chi connectivity index (χ3n) is 4.84. The number of benzene rings is 1. The Balaban J connectivity index is 1.54. The molecule has 142 valence electrons. The molecule has 1 aromatic carbocycles. The van der Waals surface area contributed by atoms with Crippen LogP contribution < -0.4 is 5.32 Å². The normalized spacial score (nSPS) is 11.2. The van der Waals surface area contributed by atoms with E-state index in [1.807, 2.05) is 54.8 Å². The van der Waals surface area contributed by atoms with Gasteiger partial charge in [0.1, 0.15) is 0 Å². The van der Waals surface area contributed by atoms with Crippen molar-refractivity contribution in [2.45, 2.75) is 26.7 Å². The number of carbonyl (C=O) groups is 1. The molecule has 0 radical (unpaired) electrons. The number of aryl methyl sites for hydroxylation is 2. The van der Waals surface area contributed by atoms with Gasteiger partial charge in [-0.05, 0) is 44.2 Å². The molecular weight excluding hydrogens is 418 g/mol. The largest absolute Gasteiger partial charge is 0.355 e. The fourth-order valence-corrected chi connectivity index (χ4v) is 3.71. The van der Waals surface area contributed by atoms with Crippen LogP contribution >= 0.6 is 15.9 Å². The van der Waals surface area contributed by atoms with E-state index < -0.39 is 0 Å². The second kappa shape index (κ2) is 7.67. The van der Waals surface area contributed by atoms with Crippen molar-refractivity contribution >= 4 is 38.4 Å². The van der Waals surface area contributed by atoms with Crippen molar-refractivity contribution in [1.29, 1.82) is 0 Å². The van der Waals surface area contributed by atoms with Gasteiger partial charge in [-0.2, -0.15) is 5.10 Å². The number of amides is 1. The predicted octanol–water partition coefficient (Wildman–Crippen LogP) is 3.56. The van der Waals surface area contributed by atoms with Crippen molar-refractivity contribution in [3.63, 3.8) is 0 Å². The lowest BCUT2D eigenvalue weighted by Gasteiger charge is -2.11. The summed E-state index contributed by atoms with van der Waals surface area (Å²) < 4.78 is 2.81. The van der Waals surface area contributed by atoms with Gasteiger partial charge in [0.05, 0.1) is 11.9 Å². The highest BCUT2D eigenvalue weighted by atomic mass is 79.9. The third kappa shape index (κ3) is 3.62. The van der Waals surface area contributed by atoms with Crippen molar-refractivity contribution in [1.82, 2.24) is 24.9 Å². The molecule has 0 spiro atoms. The molecule has 7 heteroatoms. The van der Waals surface area contributed by atoms with Gasteiger partial charge >= 0.3 is 0 Å². The van der Waals surface area contributed by atoms with Crippen LogP contribution in [0.2, 0.25) is 0 Å². The molecule has 0 aliphatic carbocycles. The molecule has 4 rings (SSSR count). The fourth-order valence-electron chi connectivity index (χ4n) is 3.36. The lowest BCUT2D eigenvalue weighted by Crippen LogP contribution is -2.28. The summed E-state index contributed by atoms with van der Waals surface area (Å²) in [6.45, 7) is 4.49. The van der Waals surface area contributed by atoms with Crippen molar-refractivity contribution in [3.05, 3.63) is 69.7 Å². The first kappa shape index (κ1) is 18.6. The van der Waals surface area contributed by atoms with Gasteiger partial charge in [0, 0.05) is 51.7 Å². The molecule has 4 aromatic rings. The Labute approximate surface area is 171 Å². The van der Waals surface area contributed by atoms with Crippen LogP contribution in [0.25, 0.3) is 16.6 Å². The minimum Gasteiger partial charge on any atom is -0.355 e. The second-order valence-electron chi connectivity index (χ2n) is 6.76. The van der Waals surface area contributed by atoms with Crippen LogP contribution in [-0.4, -0.2) is 32.0 Å². The van der Waals surface area contributed by atoms with Crippen LogP contribution in [0.3, 0.4) is 0 Å². The highest BCUT2D eigenvalue weighted by Crippen LogP contribution is 2.25. The molecule has 0 atom stereocenters. The molecule has 28 heavy (non-hydrogen) atoms. The van der Waals surface area contributed by atoms with E-state index in [2.05, 4.69) is 31.3 Å². The predicted molar refractivity (Wildman–Crippen MR) is 112 cm³/mol. The first-order valence-corrected chi connectivity index (χ1v) is 9.93. The van der Waals surface area contributed by atoms with Crippen molar-refractivity contribution in [2.24, 2.45) is 0 Å². The van der Waals surface area contributed by atoms with Gasteiger partial charge in [0.15, 0.2) is 5.65 Å². The Morgan fingerprint density at radius 1 is 1.21 bits per heavy atom. The lowest BCUT2D eigenvalue weighted by molar-refractivity contribution is -0.120. The van der Waals surface area contributed by atoms with E-state index in [1.165, 1.54) is 0 Å². The molecule has 1 N–H and O–H groups in total. The number of nitrogens with one attached hydrogen (secondary N) is 1. The maximum atomic E-state index is 12.5. The Kier molecular flexibility index (Phi) is 5.09. The SMILES string of the molecule is Cc1nc2c3ccc(Br)cc3nn2c(C)c1CC(=O)NCCc1ccccn1. The average Bonchev–Trinajstić information content (AvgIpc) is 3.03. The zero-order valence-corrected chi connectivity index (χ0v) is 17.3. The minimum atomic E-state index is -0.0252. The number of fused-ring (bicyclic) bond motifs is 3. The summed E-state index contributed by atoms with van der Waals surface area (Å²) in [7, 11) is 0. The van der Waals surface area contributed by atoms with Crippen LogP contribution in [0.5, 0.6) is 0 Å². The number of pyridine rings is 1. The Hall–Kier alpha value is -2.80. The Bertz CT molecular complexity index is 1170. The van der Waals surface area contributed by atoms with Gasteiger partial charge in [-0.25, -0.2) is 9.50 Å². The van der Waals surface area contributed by atoms with E-state index in [1.54, 1.807) is 6.20 Å². The van der Waals surface area contributed by atoms with E-state index >= 15 is 0 Å². The number of hydrogen-bond donors (Lipinski definition) is 1. The molecule has 0 fully saturated rings. The first-order valence-electron chi connectivity index (χ1n) is 9.13. The quantitative estimate of drug-likeness (QED) is 0.517. The number of hydrogen-bond acceptors (Lipinski definition) is 4. The number of rotatable bonds is 5. The third-order valence-corrected chi connectivity index (χ3v) is 5.33. The van der Waals surface area contributed by atoms with E-state index in [0.717, 1.165) is 43.7 Å². The zero-order valence-electron chi connectivity index (χ0n) is 15.7. The molecule has 0 saturated carbocycles. The number of aromatic nitrogens is 4. The highest BCUT2D eigenvalue weighted by molar-refractivity contribution is 9.10. The molecule has 6 nitrogen and oxygen atoms in total. The van der Waals surface area contributed by atoms with Gasteiger partial charge in [0.2, 0.25) is 5.91 Å². The molecule has 3 aromatic heterocycles. The second-order valence-corrected chi connectivity index (χ2v) is 7.67. The standard InChI is InChI=1S/C21H20BrN5O/c1-13-18(12-20(28)24-10-8-16-5-3-4-9-23-16)14(2)27-21(25-13)17-7-6-15(22)11-19(17)26-27/h3-7,9,11H,8,10,12H2,1-2H3,(H,24,28). The van der Waals surface area contributed by atoms with E-state index in [-0.39, 0.29) is 12.3 Å². The summed E-state index contributed by atoms with van der Waals surface area (Å²) in [6, 6.07) is 11.8. The highest BCUT2D eigenvalue weighted by Gasteiger charge is 2.16. The molecule has 1 amide bonds. The molecule has 0 aliphatic heterocycles. The molecule has 0 unspecified atom stereocenters. The minimum absolute atomic E-state index is 0.0252. The van der Waals surface area contributed by atoms with E-state index in [9.17, 15) is 4.79 Å². The monoisotopic (exact) mass is 437 g/mol. The summed E-state index contributed by atoms with van der Waals surface area (Å²) in [6.07, 6.45) is 2.75. The fraction of sp³-hybridized carbons (Fsp3) is 0.238. The Morgan fingerprint density at radius 2 is 2.07 bits per heavy atom. The number of halogens is 1. The molecule has 0 bridgehead atoms. The summed E-state index contributed by atoms with van der Waals surface area (Å²) >= 11 is 3.48. The number of nitrogens with zero attached hydrogens (tertiary/aromatic N) is 4. The maximum absolute atomic E-state index is 12.5. The Morgan fingerprint density at radius 3 is 2.86 bits per heavy atom. The van der Waals surface area contributed by atoms with Crippen LogP contribution in [0.15, 0.2) is 47.1 Å². The van der Waals surface area contributed by atoms with E-state index in [4.69, 9.17) is 4.98 Å². The zero-order chi connectivity index (χ0) is 19.7. The van der Waals surface area contributed by atoms with Crippen molar-refractivity contribution < 1.29 is 4.79 Å². The maximum Gasteiger partial charge on any atom is 0.224 e. The van der Waals surface area contributed by atoms with Crippen LogP contribution in [0.1, 0.15) is 22.6 Å².